The highest BCUT2D eigenvalue weighted by molar-refractivity contribution is 7.99. The molecular formula is C14H24N4O2S. The lowest BCUT2D eigenvalue weighted by molar-refractivity contribution is -0.133. The summed E-state index contributed by atoms with van der Waals surface area (Å²) in [7, 11) is 0. The predicted octanol–water partition coefficient (Wildman–Crippen LogP) is 2.49. The molecule has 1 aliphatic carbocycles. The van der Waals surface area contributed by atoms with E-state index in [2.05, 4.69) is 28.9 Å². The summed E-state index contributed by atoms with van der Waals surface area (Å²) in [4.78, 5) is 13.1. The van der Waals surface area contributed by atoms with Gasteiger partial charge in [-0.05, 0) is 32.1 Å². The maximum absolute atomic E-state index is 10.7. The Bertz CT molecular complexity index is 485. The number of aliphatic carboxylic acids is 1. The number of rotatable bonds is 9. The van der Waals surface area contributed by atoms with Crippen LogP contribution in [0, 0.1) is 5.92 Å². The average molecular weight is 312 g/mol. The second-order valence-corrected chi connectivity index (χ2v) is 6.76. The van der Waals surface area contributed by atoms with Gasteiger partial charge in [-0.3, -0.25) is 9.36 Å². The van der Waals surface area contributed by atoms with Crippen molar-refractivity contribution in [3.63, 3.8) is 0 Å². The molecule has 1 aromatic rings. The van der Waals surface area contributed by atoms with E-state index in [1.165, 1.54) is 24.6 Å². The molecule has 0 radical (unpaired) electrons. The molecule has 1 aliphatic rings. The van der Waals surface area contributed by atoms with Crippen LogP contribution in [0.1, 0.15) is 40.0 Å². The number of carboxylic acids is 1. The predicted molar refractivity (Wildman–Crippen MR) is 83.9 cm³/mol. The normalized spacial score (nSPS) is 14.7. The number of nitrogens with zero attached hydrogens (tertiary/aromatic N) is 4. The largest absolute Gasteiger partial charge is 0.481 e. The second kappa shape index (κ2) is 7.15. The van der Waals surface area contributed by atoms with Gasteiger partial charge in [0.2, 0.25) is 5.95 Å². The third-order valence-electron chi connectivity index (χ3n) is 3.53. The van der Waals surface area contributed by atoms with E-state index in [1.807, 2.05) is 11.5 Å². The lowest BCUT2D eigenvalue weighted by Crippen LogP contribution is -2.30. The van der Waals surface area contributed by atoms with Gasteiger partial charge >= 0.3 is 5.97 Å². The van der Waals surface area contributed by atoms with Crippen molar-refractivity contribution in [2.45, 2.75) is 57.8 Å². The molecule has 0 saturated heterocycles. The highest BCUT2D eigenvalue weighted by atomic mass is 32.2. The summed E-state index contributed by atoms with van der Waals surface area (Å²) in [5.74, 6) is 0.748. The summed E-state index contributed by atoms with van der Waals surface area (Å²) in [5, 5.41) is 18.0. The molecule has 0 bridgehead atoms. The van der Waals surface area contributed by atoms with E-state index in [0.29, 0.717) is 17.1 Å². The molecule has 1 fully saturated rings. The molecule has 1 aromatic heterocycles. The second-order valence-electron chi connectivity index (χ2n) is 5.82. The first kappa shape index (κ1) is 16.1. The third-order valence-corrected chi connectivity index (χ3v) is 4.48. The summed E-state index contributed by atoms with van der Waals surface area (Å²) in [6, 6.07) is 0.579. The summed E-state index contributed by atoms with van der Waals surface area (Å²) >= 11 is 1.24. The Morgan fingerprint density at radius 2 is 2.19 bits per heavy atom. The fourth-order valence-electron chi connectivity index (χ4n) is 2.23. The van der Waals surface area contributed by atoms with Gasteiger partial charge in [0, 0.05) is 19.1 Å². The fraction of sp³-hybridized carbons (Fsp3) is 0.786. The Morgan fingerprint density at radius 3 is 2.71 bits per heavy atom. The molecule has 118 valence electrons. The molecule has 1 N–H and O–H groups in total. The molecule has 1 heterocycles. The number of aromatic nitrogens is 3. The van der Waals surface area contributed by atoms with Gasteiger partial charge in [0.25, 0.3) is 0 Å². The van der Waals surface area contributed by atoms with E-state index in [4.69, 9.17) is 5.11 Å². The minimum absolute atomic E-state index is 0.0214. The van der Waals surface area contributed by atoms with Crippen LogP contribution < -0.4 is 4.90 Å². The van der Waals surface area contributed by atoms with Crippen LogP contribution >= 0.6 is 11.8 Å². The van der Waals surface area contributed by atoms with Gasteiger partial charge in [-0.25, -0.2) is 0 Å². The maximum atomic E-state index is 10.7. The molecule has 1 saturated carbocycles. The van der Waals surface area contributed by atoms with Crippen LogP contribution in [0.25, 0.3) is 0 Å². The van der Waals surface area contributed by atoms with Crippen LogP contribution in [0.2, 0.25) is 0 Å². The monoisotopic (exact) mass is 312 g/mol. The smallest absolute Gasteiger partial charge is 0.313 e. The summed E-state index contributed by atoms with van der Waals surface area (Å²) in [5.41, 5.74) is 0. The number of hydrogen-bond acceptors (Lipinski definition) is 5. The van der Waals surface area contributed by atoms with Crippen molar-refractivity contribution >= 4 is 23.7 Å². The minimum Gasteiger partial charge on any atom is -0.481 e. The van der Waals surface area contributed by atoms with Crippen LogP contribution in [0.5, 0.6) is 0 Å². The molecule has 0 aromatic carbocycles. The average Bonchev–Trinajstić information content (AvgIpc) is 3.17. The zero-order valence-electron chi connectivity index (χ0n) is 12.9. The lowest BCUT2D eigenvalue weighted by Gasteiger charge is -2.24. The van der Waals surface area contributed by atoms with Crippen molar-refractivity contribution in [1.29, 1.82) is 0 Å². The number of carbonyl (C=O) groups is 1. The molecule has 0 amide bonds. The molecule has 0 aliphatic heterocycles. The SMILES string of the molecule is CCn1c(SCC(=O)O)nnc1N(CCC(C)C)C1CC1. The lowest BCUT2D eigenvalue weighted by atomic mass is 10.1. The van der Waals surface area contributed by atoms with E-state index in [-0.39, 0.29) is 5.75 Å². The first-order valence-electron chi connectivity index (χ1n) is 7.57. The van der Waals surface area contributed by atoms with Crippen molar-refractivity contribution < 1.29 is 9.90 Å². The Kier molecular flexibility index (Phi) is 5.50. The summed E-state index contributed by atoms with van der Waals surface area (Å²) in [6.45, 7) is 8.25. The van der Waals surface area contributed by atoms with Crippen molar-refractivity contribution in [3.8, 4) is 0 Å². The van der Waals surface area contributed by atoms with E-state index >= 15 is 0 Å². The molecular weight excluding hydrogens is 288 g/mol. The topological polar surface area (TPSA) is 71.2 Å². The zero-order chi connectivity index (χ0) is 15.4. The highest BCUT2D eigenvalue weighted by Crippen LogP contribution is 2.32. The van der Waals surface area contributed by atoms with Crippen LogP contribution in [-0.4, -0.2) is 44.2 Å². The van der Waals surface area contributed by atoms with Crippen LogP contribution in [-0.2, 0) is 11.3 Å². The quantitative estimate of drug-likeness (QED) is 0.706. The molecule has 2 rings (SSSR count). The van der Waals surface area contributed by atoms with Gasteiger partial charge in [-0.1, -0.05) is 25.6 Å². The zero-order valence-corrected chi connectivity index (χ0v) is 13.8. The van der Waals surface area contributed by atoms with Crippen molar-refractivity contribution in [2.75, 3.05) is 17.2 Å². The van der Waals surface area contributed by atoms with Crippen LogP contribution in [0.15, 0.2) is 5.16 Å². The maximum Gasteiger partial charge on any atom is 0.313 e. The number of thioether (sulfide) groups is 1. The van der Waals surface area contributed by atoms with E-state index in [9.17, 15) is 4.79 Å². The third kappa shape index (κ3) is 4.36. The Hall–Kier alpha value is -1.24. The standard InChI is InChI=1S/C14H24N4O2S/c1-4-17-13(15-16-14(17)21-9-12(19)20)18(11-5-6-11)8-7-10(2)3/h10-11H,4-9H2,1-3H3,(H,19,20). The van der Waals surface area contributed by atoms with Crippen molar-refractivity contribution in [2.24, 2.45) is 5.92 Å². The van der Waals surface area contributed by atoms with Crippen molar-refractivity contribution in [3.05, 3.63) is 0 Å². The van der Waals surface area contributed by atoms with Gasteiger partial charge in [0.15, 0.2) is 5.16 Å². The first-order chi connectivity index (χ1) is 10.0. The van der Waals surface area contributed by atoms with Crippen LogP contribution in [0.4, 0.5) is 5.95 Å². The number of carboxylic acid groups (broad SMARTS) is 1. The fourth-order valence-corrected chi connectivity index (χ4v) is 2.95. The number of hydrogen-bond donors (Lipinski definition) is 1. The van der Waals surface area contributed by atoms with Gasteiger partial charge in [-0.2, -0.15) is 0 Å². The Morgan fingerprint density at radius 1 is 1.48 bits per heavy atom. The molecule has 7 heteroatoms. The summed E-state index contributed by atoms with van der Waals surface area (Å²) < 4.78 is 2.03. The van der Waals surface area contributed by atoms with Crippen molar-refractivity contribution in [1.82, 2.24) is 14.8 Å². The first-order valence-corrected chi connectivity index (χ1v) is 8.55. The molecule has 0 atom stereocenters. The van der Waals surface area contributed by atoms with E-state index < -0.39 is 5.97 Å². The Labute approximate surface area is 129 Å². The van der Waals surface area contributed by atoms with E-state index in [0.717, 1.165) is 25.5 Å². The van der Waals surface area contributed by atoms with Gasteiger partial charge in [-0.15, -0.1) is 10.2 Å². The summed E-state index contributed by atoms with van der Waals surface area (Å²) in [6.07, 6.45) is 3.56. The van der Waals surface area contributed by atoms with Crippen LogP contribution in [0.3, 0.4) is 0 Å². The highest BCUT2D eigenvalue weighted by Gasteiger charge is 2.32. The van der Waals surface area contributed by atoms with E-state index in [1.54, 1.807) is 0 Å². The van der Waals surface area contributed by atoms with Gasteiger partial charge in [0.05, 0.1) is 5.75 Å². The van der Waals surface area contributed by atoms with Gasteiger partial charge in [0.1, 0.15) is 0 Å². The Balaban J connectivity index is 2.13. The molecule has 6 nitrogen and oxygen atoms in total. The molecule has 21 heavy (non-hydrogen) atoms. The number of anilines is 1. The molecule has 0 spiro atoms. The van der Waals surface area contributed by atoms with Gasteiger partial charge < -0.3 is 10.0 Å². The minimum atomic E-state index is -0.828. The molecule has 0 unspecified atom stereocenters.